The highest BCUT2D eigenvalue weighted by Gasteiger charge is 2.38. The third kappa shape index (κ3) is 3.87. The van der Waals surface area contributed by atoms with E-state index in [0.717, 1.165) is 18.1 Å². The van der Waals surface area contributed by atoms with Crippen molar-refractivity contribution in [2.75, 3.05) is 39.2 Å². The summed E-state index contributed by atoms with van der Waals surface area (Å²) >= 11 is 5.88. The van der Waals surface area contributed by atoms with E-state index in [0.29, 0.717) is 12.0 Å². The lowest BCUT2D eigenvalue weighted by molar-refractivity contribution is 0.124. The minimum Gasteiger partial charge on any atom is -0.333 e. The number of hydrogen-bond acceptors (Lipinski definition) is 3. The smallest absolute Gasteiger partial charge is 0.189 e. The monoisotopic (exact) mass is 441 g/mol. The molecule has 2 aliphatic rings. The standard InChI is InChI=1S/C25H39N5S/c1-7-14-28-15-10-12-19-20-11-9-13-22-24(20)21(16-23(19)28)17(3)30(22)26-25(31)29(8-2)18(4)27(5)6/h9,11,13,18-19,23H,7-8,10,12,14-16H2,1-6H3,(H,26,31)/t18?,19-,23-/m1/s1. The second kappa shape index (κ2) is 9.08. The van der Waals surface area contributed by atoms with E-state index >= 15 is 0 Å². The first-order valence-electron chi connectivity index (χ1n) is 12.0. The van der Waals surface area contributed by atoms with Crippen molar-refractivity contribution in [1.29, 1.82) is 0 Å². The van der Waals surface area contributed by atoms with Crippen molar-refractivity contribution in [1.82, 2.24) is 19.4 Å². The minimum atomic E-state index is 0.239. The van der Waals surface area contributed by atoms with E-state index in [9.17, 15) is 0 Å². The summed E-state index contributed by atoms with van der Waals surface area (Å²) in [6, 6.07) is 7.51. The van der Waals surface area contributed by atoms with Gasteiger partial charge < -0.3 is 4.90 Å². The Labute approximate surface area is 193 Å². The molecule has 1 aliphatic heterocycles. The number of nitrogens with zero attached hydrogens (tertiary/aromatic N) is 4. The third-order valence-electron chi connectivity index (χ3n) is 7.61. The number of rotatable bonds is 6. The quantitative estimate of drug-likeness (QED) is 0.525. The number of thiocarbonyl (C=S) groups is 1. The van der Waals surface area contributed by atoms with Gasteiger partial charge in [0.15, 0.2) is 5.11 Å². The van der Waals surface area contributed by atoms with Crippen molar-refractivity contribution >= 4 is 28.2 Å². The summed E-state index contributed by atoms with van der Waals surface area (Å²) in [5.41, 5.74) is 9.23. The minimum absolute atomic E-state index is 0.239. The van der Waals surface area contributed by atoms with Gasteiger partial charge in [-0.15, -0.1) is 0 Å². The van der Waals surface area contributed by atoms with Crippen LogP contribution in [0.15, 0.2) is 18.2 Å². The summed E-state index contributed by atoms with van der Waals surface area (Å²) in [5.74, 6) is 0.652. The molecule has 1 fully saturated rings. The molecule has 0 saturated carbocycles. The number of nitrogens with one attached hydrogen (secondary N) is 1. The van der Waals surface area contributed by atoms with Crippen LogP contribution in [0.2, 0.25) is 0 Å². The van der Waals surface area contributed by atoms with E-state index in [1.54, 1.807) is 5.56 Å². The Morgan fingerprint density at radius 3 is 2.74 bits per heavy atom. The van der Waals surface area contributed by atoms with Gasteiger partial charge in [-0.05, 0) is 103 Å². The molecule has 0 amide bonds. The lowest BCUT2D eigenvalue weighted by Crippen LogP contribution is -2.49. The maximum absolute atomic E-state index is 5.88. The maximum atomic E-state index is 5.88. The Bertz CT molecular complexity index is 947. The highest BCUT2D eigenvalue weighted by Crippen LogP contribution is 2.45. The average molecular weight is 442 g/mol. The Kier molecular flexibility index (Phi) is 6.61. The van der Waals surface area contributed by atoms with Gasteiger partial charge in [0.25, 0.3) is 0 Å². The van der Waals surface area contributed by atoms with Gasteiger partial charge in [-0.25, -0.2) is 0 Å². The van der Waals surface area contributed by atoms with Crippen molar-refractivity contribution < 1.29 is 0 Å². The van der Waals surface area contributed by atoms with Gasteiger partial charge in [-0.2, -0.15) is 0 Å². The number of fused-ring (bicyclic) bond motifs is 2. The van der Waals surface area contributed by atoms with Crippen LogP contribution < -0.4 is 5.43 Å². The van der Waals surface area contributed by atoms with E-state index in [4.69, 9.17) is 12.2 Å². The van der Waals surface area contributed by atoms with Crippen LogP contribution in [0.3, 0.4) is 0 Å². The summed E-state index contributed by atoms with van der Waals surface area (Å²) in [6.45, 7) is 12.3. The van der Waals surface area contributed by atoms with Gasteiger partial charge in [0.2, 0.25) is 0 Å². The highest BCUT2D eigenvalue weighted by atomic mass is 32.1. The fourth-order valence-electron chi connectivity index (χ4n) is 5.82. The molecule has 1 saturated heterocycles. The van der Waals surface area contributed by atoms with Crippen LogP contribution in [0.5, 0.6) is 0 Å². The summed E-state index contributed by atoms with van der Waals surface area (Å²) in [7, 11) is 4.20. The van der Waals surface area contributed by atoms with E-state index in [-0.39, 0.29) is 6.17 Å². The lowest BCUT2D eigenvalue weighted by Gasteiger charge is -2.44. The Balaban J connectivity index is 1.72. The number of piperidine rings is 1. The number of likely N-dealkylation sites (tertiary alicyclic amines) is 1. The molecule has 1 N–H and O–H groups in total. The molecule has 1 aromatic carbocycles. The molecule has 0 spiro atoms. The summed E-state index contributed by atoms with van der Waals surface area (Å²) < 4.78 is 2.25. The molecule has 2 aromatic rings. The zero-order valence-corrected chi connectivity index (χ0v) is 20.9. The van der Waals surface area contributed by atoms with Crippen LogP contribution in [0.4, 0.5) is 0 Å². The van der Waals surface area contributed by atoms with E-state index in [2.05, 4.69) is 84.8 Å². The Morgan fingerprint density at radius 1 is 1.29 bits per heavy atom. The average Bonchev–Trinajstić information content (AvgIpc) is 3.02. The Morgan fingerprint density at radius 2 is 2.06 bits per heavy atom. The first-order chi connectivity index (χ1) is 14.9. The van der Waals surface area contributed by atoms with Crippen molar-refractivity contribution in [3.8, 4) is 0 Å². The molecule has 6 heteroatoms. The number of aromatic nitrogens is 1. The van der Waals surface area contributed by atoms with Crippen LogP contribution in [0.25, 0.3) is 10.9 Å². The topological polar surface area (TPSA) is 26.7 Å². The normalized spacial score (nSPS) is 21.9. The molecule has 3 atom stereocenters. The largest absolute Gasteiger partial charge is 0.333 e. The predicted molar refractivity (Wildman–Crippen MR) is 135 cm³/mol. The lowest BCUT2D eigenvalue weighted by atomic mass is 9.74. The van der Waals surface area contributed by atoms with E-state index in [1.165, 1.54) is 54.5 Å². The van der Waals surface area contributed by atoms with Gasteiger partial charge in [0.1, 0.15) is 0 Å². The highest BCUT2D eigenvalue weighted by molar-refractivity contribution is 7.80. The molecule has 170 valence electrons. The van der Waals surface area contributed by atoms with Gasteiger partial charge in [0, 0.05) is 29.6 Å². The zero-order chi connectivity index (χ0) is 22.3. The predicted octanol–water partition coefficient (Wildman–Crippen LogP) is 4.52. The van der Waals surface area contributed by atoms with Gasteiger partial charge in [-0.3, -0.25) is 19.9 Å². The van der Waals surface area contributed by atoms with Crippen molar-refractivity contribution in [3.05, 3.63) is 35.0 Å². The molecule has 5 nitrogen and oxygen atoms in total. The SMILES string of the molecule is CCCN1CCC[C@@H]2c3cccc4c3c(c(C)n4NC(=S)N(CC)C(C)N(C)C)C[C@H]21. The molecular weight excluding hydrogens is 402 g/mol. The van der Waals surface area contributed by atoms with Crippen molar-refractivity contribution in [2.24, 2.45) is 0 Å². The molecule has 0 radical (unpaired) electrons. The van der Waals surface area contributed by atoms with Crippen molar-refractivity contribution in [3.63, 3.8) is 0 Å². The summed E-state index contributed by atoms with van der Waals surface area (Å²) in [4.78, 5) is 7.19. The molecule has 31 heavy (non-hydrogen) atoms. The molecule has 1 unspecified atom stereocenters. The van der Waals surface area contributed by atoms with Crippen molar-refractivity contribution in [2.45, 2.75) is 71.5 Å². The molecular formula is C25H39N5S. The maximum Gasteiger partial charge on any atom is 0.189 e. The molecule has 1 aliphatic carbocycles. The van der Waals surface area contributed by atoms with Crippen LogP contribution >= 0.6 is 12.2 Å². The summed E-state index contributed by atoms with van der Waals surface area (Å²) in [5, 5.41) is 2.25. The van der Waals surface area contributed by atoms with Crippen LogP contribution in [-0.4, -0.2) is 70.4 Å². The van der Waals surface area contributed by atoms with E-state index < -0.39 is 0 Å². The zero-order valence-electron chi connectivity index (χ0n) is 20.1. The molecule has 4 rings (SSSR count). The summed E-state index contributed by atoms with van der Waals surface area (Å²) in [6.07, 6.45) is 5.24. The van der Waals surface area contributed by atoms with Gasteiger partial charge in [-0.1, -0.05) is 19.1 Å². The number of benzene rings is 1. The number of hydrogen-bond donors (Lipinski definition) is 1. The third-order valence-corrected chi connectivity index (χ3v) is 7.94. The van der Waals surface area contributed by atoms with Crippen LogP contribution in [0.1, 0.15) is 62.8 Å². The molecule has 0 bridgehead atoms. The van der Waals surface area contributed by atoms with Crippen LogP contribution in [-0.2, 0) is 6.42 Å². The van der Waals surface area contributed by atoms with Gasteiger partial charge >= 0.3 is 0 Å². The first kappa shape index (κ1) is 22.6. The molecule has 2 heterocycles. The fraction of sp³-hybridized carbons (Fsp3) is 0.640. The fourth-order valence-corrected chi connectivity index (χ4v) is 6.20. The second-order valence-corrected chi connectivity index (χ2v) is 9.88. The second-order valence-electron chi connectivity index (χ2n) is 9.50. The molecule has 1 aromatic heterocycles. The van der Waals surface area contributed by atoms with Crippen LogP contribution in [0, 0.1) is 6.92 Å². The van der Waals surface area contributed by atoms with E-state index in [1.807, 2.05) is 0 Å². The van der Waals surface area contributed by atoms with Gasteiger partial charge in [0.05, 0.1) is 11.7 Å². The Hall–Kier alpha value is -1.63. The first-order valence-corrected chi connectivity index (χ1v) is 12.4.